The van der Waals surface area contributed by atoms with Crippen LogP contribution in [0, 0.1) is 0 Å². The van der Waals surface area contributed by atoms with Crippen LogP contribution in [0.2, 0.25) is 104 Å². The van der Waals surface area contributed by atoms with Crippen LogP contribution in [0.4, 0.5) is 0 Å². The maximum absolute atomic E-state index is 8.41. The normalized spacial score (nSPS) is 26.2. The van der Waals surface area contributed by atoms with Crippen LogP contribution >= 0.6 is 11.8 Å². The molecule has 0 spiro atoms. The first-order chi connectivity index (χ1) is 33.2. The van der Waals surface area contributed by atoms with E-state index in [1.54, 1.807) is 0 Å². The highest BCUT2D eigenvalue weighted by atomic mass is 32.2. The maximum atomic E-state index is 8.41. The van der Waals surface area contributed by atoms with Crippen LogP contribution in [0.1, 0.15) is 194 Å². The summed E-state index contributed by atoms with van der Waals surface area (Å²) < 4.78 is 70.5. The molecule has 0 bridgehead atoms. The molecular weight excluding hydrogens is 1040 g/mol. The van der Waals surface area contributed by atoms with Gasteiger partial charge in [0.05, 0.1) is 19.3 Å². The van der Waals surface area contributed by atoms with E-state index in [0.29, 0.717) is 63.1 Å². The molecule has 0 N–H and O–H groups in total. The van der Waals surface area contributed by atoms with Gasteiger partial charge in [0.2, 0.25) is 16.6 Å². The summed E-state index contributed by atoms with van der Waals surface area (Å²) in [5.41, 5.74) is 2.80. The Morgan fingerprint density at radius 2 is 0.770 bits per heavy atom. The molecule has 0 aliphatic carbocycles. The molecule has 2 fully saturated rings. The summed E-state index contributed by atoms with van der Waals surface area (Å²) in [6, 6.07) is 0. The highest BCUT2D eigenvalue weighted by molar-refractivity contribution is 7.99. The van der Waals surface area contributed by atoms with Crippen molar-refractivity contribution in [1.29, 1.82) is 0 Å². The van der Waals surface area contributed by atoms with Gasteiger partial charge in [-0.05, 0) is 110 Å². The highest BCUT2D eigenvalue weighted by Crippen LogP contribution is 2.52. The van der Waals surface area contributed by atoms with E-state index in [1.165, 1.54) is 0 Å². The van der Waals surface area contributed by atoms with Crippen molar-refractivity contribution in [3.8, 4) is 0 Å². The first-order valence-electron chi connectivity index (χ1n) is 29.8. The van der Waals surface area contributed by atoms with E-state index in [4.69, 9.17) is 40.8 Å². The molecular formula is C58H126O9SSi6. The van der Waals surface area contributed by atoms with Gasteiger partial charge in [-0.25, -0.2) is 0 Å². The van der Waals surface area contributed by atoms with Crippen molar-refractivity contribution in [2.75, 3.05) is 19.0 Å². The van der Waals surface area contributed by atoms with Crippen molar-refractivity contribution in [1.82, 2.24) is 0 Å². The lowest BCUT2D eigenvalue weighted by Crippen LogP contribution is -2.70. The Kier molecular flexibility index (Phi) is 25.7. The number of hydrogen-bond acceptors (Lipinski definition) is 10. The summed E-state index contributed by atoms with van der Waals surface area (Å²) in [5.74, 6) is 0.831. The molecule has 0 amide bonds. The minimum atomic E-state index is -2.66. The van der Waals surface area contributed by atoms with Gasteiger partial charge in [0, 0.05) is 0 Å². The van der Waals surface area contributed by atoms with Crippen molar-refractivity contribution in [3.05, 3.63) is 0 Å². The monoisotopic (exact) mass is 1170 g/mol. The van der Waals surface area contributed by atoms with Crippen LogP contribution in [-0.4, -0.2) is 123 Å². The van der Waals surface area contributed by atoms with Gasteiger partial charge in [-0.15, -0.1) is 11.8 Å². The maximum Gasteiger partial charge on any atom is 0.201 e. The lowest BCUT2D eigenvalue weighted by Gasteiger charge is -2.57. The fourth-order valence-electron chi connectivity index (χ4n) is 12.7. The molecule has 0 radical (unpaired) electrons. The van der Waals surface area contributed by atoms with Crippen LogP contribution < -0.4 is 0 Å². The Labute approximate surface area is 471 Å². The van der Waals surface area contributed by atoms with E-state index in [9.17, 15) is 0 Å². The standard InChI is InChI=1S/C58H126O9SSi6/c1-35-68-55-53(62-54-52(65-71(33,34)58(26,27)28)50(64-70(31,32)57(23,24)25)48(36-59-54)63-69(29,30)56(20,21)22)51(67-74(44(14)15,45(16)17)46(18)19)49(66-73(41(8)9,42(10)11)43(12)13)47(61-55)37-60-72(38(2)3,39(4)5)40(6)7/h38-55H,35-37H2,1-34H3/t47-,48-,49-,50+,51+,52-,53-,54+,55+/m1/s1. The Bertz CT molecular complexity index is 1620. The molecule has 2 heterocycles. The van der Waals surface area contributed by atoms with Gasteiger partial charge in [0.1, 0.15) is 42.1 Å². The van der Waals surface area contributed by atoms with Crippen LogP contribution in [0.25, 0.3) is 0 Å². The zero-order valence-corrected chi connectivity index (χ0v) is 61.9. The molecule has 9 nitrogen and oxygen atoms in total. The Morgan fingerprint density at radius 3 is 1.11 bits per heavy atom. The predicted molar refractivity (Wildman–Crippen MR) is 336 cm³/mol. The van der Waals surface area contributed by atoms with Gasteiger partial charge >= 0.3 is 0 Å². The fraction of sp³-hybridized carbons (Fsp3) is 1.00. The minimum absolute atomic E-state index is 0.0245. The molecule has 2 aliphatic heterocycles. The first kappa shape index (κ1) is 71.4. The van der Waals surface area contributed by atoms with E-state index < -0.39 is 98.3 Å². The van der Waals surface area contributed by atoms with Crippen molar-refractivity contribution in [2.45, 2.75) is 353 Å². The third kappa shape index (κ3) is 15.5. The third-order valence-corrected chi connectivity index (χ3v) is 52.4. The molecule has 0 saturated carbocycles. The minimum Gasteiger partial charge on any atom is -0.413 e. The fourth-order valence-corrected chi connectivity index (χ4v) is 34.2. The SMILES string of the molecule is CCS[C@@H]1O[C@H](CO[Si](C(C)C)(C(C)C)C(C)C)[C@@H](O[Si](C(C)C)(C(C)C)C(C)C)[C@H](O[Si](C(C)C)(C(C)C)C(C)C)[C@H]1O[C@@H]1OC[C@@H](O[Si](C)(C)C(C)(C)C)[C@H](O[Si](C)(C)C(C)(C)C)[C@H]1O[Si](C)(C)C(C)(C)C. The molecule has 16 heteroatoms. The topological polar surface area (TPSA) is 83.1 Å². The number of hydrogen-bond donors (Lipinski definition) is 0. The van der Waals surface area contributed by atoms with E-state index in [0.717, 1.165) is 5.75 Å². The molecule has 2 aliphatic rings. The van der Waals surface area contributed by atoms with E-state index in [1.807, 2.05) is 11.8 Å². The molecule has 9 atom stereocenters. The van der Waals surface area contributed by atoms with Crippen LogP contribution in [0.5, 0.6) is 0 Å². The average Bonchev–Trinajstić information content (AvgIpc) is 3.19. The Hall–Kier alpha value is 1.29. The number of thioether (sulfide) groups is 1. The summed E-state index contributed by atoms with van der Waals surface area (Å²) in [6.45, 7) is 81.1. The zero-order chi connectivity index (χ0) is 58.1. The van der Waals surface area contributed by atoms with E-state index >= 15 is 0 Å². The molecule has 0 aromatic rings. The quantitative estimate of drug-likeness (QED) is 0.0781. The van der Waals surface area contributed by atoms with E-state index in [-0.39, 0.29) is 21.2 Å². The molecule has 2 rings (SSSR count). The smallest absolute Gasteiger partial charge is 0.201 e. The Morgan fingerprint density at radius 1 is 0.432 bits per heavy atom. The molecule has 0 aromatic carbocycles. The second kappa shape index (κ2) is 26.7. The predicted octanol–water partition coefficient (Wildman–Crippen LogP) is 18.7. The van der Waals surface area contributed by atoms with Crippen molar-refractivity contribution in [2.24, 2.45) is 0 Å². The number of rotatable bonds is 26. The zero-order valence-electron chi connectivity index (χ0n) is 55.1. The summed E-state index contributed by atoms with van der Waals surface area (Å²) in [5, 5.41) is -0.192. The average molecular weight is 1170 g/mol. The van der Waals surface area contributed by atoms with Crippen LogP contribution in [0.15, 0.2) is 0 Å². The van der Waals surface area contributed by atoms with Gasteiger partial charge in [-0.2, -0.15) is 0 Å². The molecule has 442 valence electrons. The van der Waals surface area contributed by atoms with Crippen molar-refractivity contribution < 1.29 is 40.8 Å². The summed E-state index contributed by atoms with van der Waals surface area (Å²) in [7, 11) is -15.0. The largest absolute Gasteiger partial charge is 0.413 e. The molecule has 0 unspecified atom stereocenters. The van der Waals surface area contributed by atoms with E-state index in [2.05, 4.69) is 233 Å². The lowest BCUT2D eigenvalue weighted by molar-refractivity contribution is -0.306. The second-order valence-corrected chi connectivity index (χ2v) is 62.2. The van der Waals surface area contributed by atoms with Crippen LogP contribution in [0.3, 0.4) is 0 Å². The second-order valence-electron chi connectivity index (χ2n) is 30.3. The summed E-state index contributed by atoms with van der Waals surface area (Å²) in [4.78, 5) is 0. The summed E-state index contributed by atoms with van der Waals surface area (Å²) >= 11 is 1.81. The van der Waals surface area contributed by atoms with Gasteiger partial charge in [-0.1, -0.05) is 194 Å². The van der Waals surface area contributed by atoms with Crippen molar-refractivity contribution >= 4 is 61.7 Å². The number of ether oxygens (including phenoxy) is 3. The van der Waals surface area contributed by atoms with Gasteiger partial charge < -0.3 is 40.8 Å². The highest BCUT2D eigenvalue weighted by Gasteiger charge is 2.61. The summed E-state index contributed by atoms with van der Waals surface area (Å²) in [6.07, 6.45) is -4.10. The molecule has 74 heavy (non-hydrogen) atoms. The Balaban J connectivity index is 3.33. The van der Waals surface area contributed by atoms with Crippen LogP contribution in [-0.2, 0) is 40.8 Å². The molecule has 0 aromatic heterocycles. The lowest BCUT2D eigenvalue weighted by atomic mass is 9.99. The van der Waals surface area contributed by atoms with Gasteiger partial charge in [0.15, 0.2) is 39.6 Å². The first-order valence-corrected chi connectivity index (χ1v) is 46.0. The van der Waals surface area contributed by atoms with Gasteiger partial charge in [-0.3, -0.25) is 0 Å². The molecule has 2 saturated heterocycles. The van der Waals surface area contributed by atoms with Crippen molar-refractivity contribution in [3.63, 3.8) is 0 Å². The van der Waals surface area contributed by atoms with Gasteiger partial charge in [0.25, 0.3) is 0 Å². The third-order valence-electron chi connectivity index (χ3n) is 19.6.